The highest BCUT2D eigenvalue weighted by atomic mass is 16.3. The van der Waals surface area contributed by atoms with Gasteiger partial charge in [0.25, 0.3) is 0 Å². The Morgan fingerprint density at radius 3 is 2.64 bits per heavy atom. The molecular weight excluding hydrogens is 278 g/mol. The summed E-state index contributed by atoms with van der Waals surface area (Å²) in [5.41, 5.74) is 4.26. The van der Waals surface area contributed by atoms with Gasteiger partial charge in [0.2, 0.25) is 0 Å². The van der Waals surface area contributed by atoms with Gasteiger partial charge in [-0.15, -0.1) is 0 Å². The average Bonchev–Trinajstić information content (AvgIpc) is 3.15. The first-order valence-corrected chi connectivity index (χ1v) is 6.81. The number of nitrogens with zero attached hydrogens (tertiary/aromatic N) is 1. The maximum Gasteiger partial charge on any atom is 0.195 e. The highest BCUT2D eigenvalue weighted by Crippen LogP contribution is 2.42. The smallest absolute Gasteiger partial charge is 0.195 e. The molecule has 0 atom stereocenters. The minimum Gasteiger partial charge on any atom is -0.508 e. The second-order valence-corrected chi connectivity index (χ2v) is 5.06. The minimum absolute atomic E-state index is 0.0751. The summed E-state index contributed by atoms with van der Waals surface area (Å²) in [5, 5.41) is 9.69. The Labute approximate surface area is 126 Å². The van der Waals surface area contributed by atoms with Crippen molar-refractivity contribution in [1.82, 2.24) is 4.98 Å². The molecular formula is C18H11NO3. The van der Waals surface area contributed by atoms with Gasteiger partial charge in [0.15, 0.2) is 5.78 Å². The van der Waals surface area contributed by atoms with Crippen molar-refractivity contribution in [3.05, 3.63) is 83.6 Å². The van der Waals surface area contributed by atoms with Crippen LogP contribution in [-0.4, -0.2) is 15.9 Å². The van der Waals surface area contributed by atoms with E-state index in [1.54, 1.807) is 43.1 Å². The first-order chi connectivity index (χ1) is 10.8. The van der Waals surface area contributed by atoms with Crippen molar-refractivity contribution in [2.45, 2.75) is 0 Å². The molecule has 0 aliphatic heterocycles. The molecule has 0 saturated carbocycles. The number of allylic oxidation sites excluding steroid dienone is 1. The Hall–Kier alpha value is -3.14. The van der Waals surface area contributed by atoms with Gasteiger partial charge in [-0.3, -0.25) is 9.78 Å². The summed E-state index contributed by atoms with van der Waals surface area (Å²) < 4.78 is 5.17. The Balaban J connectivity index is 2.04. The fourth-order valence-electron chi connectivity index (χ4n) is 2.81. The van der Waals surface area contributed by atoms with Crippen LogP contribution in [0.25, 0.3) is 11.1 Å². The van der Waals surface area contributed by atoms with Gasteiger partial charge < -0.3 is 9.52 Å². The quantitative estimate of drug-likeness (QED) is 0.783. The maximum absolute atomic E-state index is 12.8. The lowest BCUT2D eigenvalue weighted by Crippen LogP contribution is -1.98. The minimum atomic E-state index is -0.116. The number of Topliss-reactive ketones (excluding diaryl/α,β-unsaturated/α-hetero) is 1. The van der Waals surface area contributed by atoms with E-state index < -0.39 is 0 Å². The van der Waals surface area contributed by atoms with Crippen LogP contribution < -0.4 is 0 Å². The van der Waals surface area contributed by atoms with Crippen molar-refractivity contribution in [2.24, 2.45) is 0 Å². The van der Waals surface area contributed by atoms with Crippen molar-refractivity contribution in [2.75, 3.05) is 0 Å². The summed E-state index contributed by atoms with van der Waals surface area (Å²) in [6, 6.07) is 10.3. The molecule has 106 valence electrons. The van der Waals surface area contributed by atoms with Crippen LogP contribution in [0.2, 0.25) is 0 Å². The van der Waals surface area contributed by atoms with Crippen LogP contribution in [0.4, 0.5) is 0 Å². The van der Waals surface area contributed by atoms with E-state index in [0.29, 0.717) is 11.1 Å². The summed E-state index contributed by atoms with van der Waals surface area (Å²) in [4.78, 5) is 16.9. The largest absolute Gasteiger partial charge is 0.508 e. The van der Waals surface area contributed by atoms with E-state index in [9.17, 15) is 9.90 Å². The second-order valence-electron chi connectivity index (χ2n) is 5.06. The van der Waals surface area contributed by atoms with Crippen molar-refractivity contribution >= 4 is 16.9 Å². The first-order valence-electron chi connectivity index (χ1n) is 6.81. The lowest BCUT2D eigenvalue weighted by molar-refractivity contribution is 0.105. The van der Waals surface area contributed by atoms with Gasteiger partial charge in [-0.05, 0) is 35.9 Å². The summed E-state index contributed by atoms with van der Waals surface area (Å²) in [5.74, 6) is -0.0406. The first kappa shape index (κ1) is 12.6. The van der Waals surface area contributed by atoms with E-state index in [1.807, 2.05) is 12.1 Å². The second kappa shape index (κ2) is 4.70. The molecule has 0 bridgehead atoms. The summed E-state index contributed by atoms with van der Waals surface area (Å²) in [6.07, 6.45) is 6.52. The topological polar surface area (TPSA) is 63.3 Å². The summed E-state index contributed by atoms with van der Waals surface area (Å²) in [6.45, 7) is 0. The predicted octanol–water partition coefficient (Wildman–Crippen LogP) is 3.54. The van der Waals surface area contributed by atoms with E-state index in [2.05, 4.69) is 4.98 Å². The van der Waals surface area contributed by atoms with Gasteiger partial charge >= 0.3 is 0 Å². The van der Waals surface area contributed by atoms with Gasteiger partial charge in [0.05, 0.1) is 12.5 Å². The zero-order valence-corrected chi connectivity index (χ0v) is 11.5. The zero-order chi connectivity index (χ0) is 15.1. The number of aromatic nitrogens is 1. The lowest BCUT2D eigenvalue weighted by Gasteiger charge is -2.05. The van der Waals surface area contributed by atoms with Gasteiger partial charge in [-0.1, -0.05) is 6.07 Å². The van der Waals surface area contributed by atoms with Crippen molar-refractivity contribution in [3.8, 4) is 5.75 Å². The third kappa shape index (κ3) is 1.78. The number of aromatic hydroxyl groups is 1. The molecule has 1 N–H and O–H groups in total. The van der Waals surface area contributed by atoms with Crippen LogP contribution in [0.3, 0.4) is 0 Å². The number of hydrogen-bond donors (Lipinski definition) is 1. The van der Waals surface area contributed by atoms with Crippen molar-refractivity contribution in [3.63, 3.8) is 0 Å². The Morgan fingerprint density at radius 2 is 1.91 bits per heavy atom. The number of phenols is 1. The zero-order valence-electron chi connectivity index (χ0n) is 11.5. The number of phenolic OH excluding ortho intramolecular Hbond substituents is 1. The van der Waals surface area contributed by atoms with Crippen LogP contribution in [0, 0.1) is 0 Å². The summed E-state index contributed by atoms with van der Waals surface area (Å²) in [7, 11) is 0. The molecule has 1 aliphatic rings. The Bertz CT molecular complexity index is 893. The molecule has 2 heterocycles. The maximum atomic E-state index is 12.8. The van der Waals surface area contributed by atoms with Crippen LogP contribution in [0.1, 0.15) is 27.0 Å². The molecule has 3 aromatic rings. The van der Waals surface area contributed by atoms with Crippen molar-refractivity contribution < 1.29 is 14.3 Å². The third-order valence-corrected chi connectivity index (χ3v) is 3.75. The third-order valence-electron chi connectivity index (χ3n) is 3.75. The fourth-order valence-corrected chi connectivity index (χ4v) is 2.81. The number of furan rings is 1. The van der Waals surface area contributed by atoms with Crippen LogP contribution in [0.15, 0.2) is 65.7 Å². The van der Waals surface area contributed by atoms with Gasteiger partial charge in [-0.2, -0.15) is 0 Å². The van der Waals surface area contributed by atoms with Gasteiger partial charge in [0, 0.05) is 40.2 Å². The number of pyridine rings is 1. The van der Waals surface area contributed by atoms with Crippen LogP contribution >= 0.6 is 0 Å². The SMILES string of the molecule is O=C1C(c2cccnc2)=C(c2ccoc2)c2ccc(O)cc21. The van der Waals surface area contributed by atoms with Crippen LogP contribution in [0.5, 0.6) is 5.75 Å². The number of fused-ring (bicyclic) bond motifs is 1. The highest BCUT2D eigenvalue weighted by Gasteiger charge is 2.32. The molecule has 2 aromatic heterocycles. The molecule has 1 aromatic carbocycles. The number of carbonyl (C=O) groups is 1. The Morgan fingerprint density at radius 1 is 1.00 bits per heavy atom. The molecule has 4 rings (SSSR count). The number of hydrogen-bond acceptors (Lipinski definition) is 4. The monoisotopic (exact) mass is 289 g/mol. The normalized spacial score (nSPS) is 13.5. The summed E-state index contributed by atoms with van der Waals surface area (Å²) >= 11 is 0. The van der Waals surface area contributed by atoms with E-state index in [1.165, 1.54) is 6.07 Å². The van der Waals surface area contributed by atoms with Crippen molar-refractivity contribution in [1.29, 1.82) is 0 Å². The molecule has 1 aliphatic carbocycles. The van der Waals surface area contributed by atoms with E-state index >= 15 is 0 Å². The number of rotatable bonds is 2. The fraction of sp³-hybridized carbons (Fsp3) is 0. The predicted molar refractivity (Wildman–Crippen MR) is 81.3 cm³/mol. The molecule has 0 saturated heterocycles. The molecule has 22 heavy (non-hydrogen) atoms. The van der Waals surface area contributed by atoms with E-state index in [4.69, 9.17) is 4.42 Å². The molecule has 4 nitrogen and oxygen atoms in total. The average molecular weight is 289 g/mol. The standard InChI is InChI=1S/C18H11NO3/c20-13-3-4-14-15(8-13)18(21)17(11-2-1-6-19-9-11)16(14)12-5-7-22-10-12/h1-10,20H. The van der Waals surface area contributed by atoms with Gasteiger partial charge in [0.1, 0.15) is 5.75 Å². The van der Waals surface area contributed by atoms with E-state index in [-0.39, 0.29) is 11.5 Å². The number of benzene rings is 1. The van der Waals surface area contributed by atoms with Crippen LogP contribution in [-0.2, 0) is 0 Å². The lowest BCUT2D eigenvalue weighted by atomic mass is 9.97. The van der Waals surface area contributed by atoms with Gasteiger partial charge in [-0.25, -0.2) is 0 Å². The number of ketones is 1. The molecule has 0 spiro atoms. The molecule has 4 heteroatoms. The van der Waals surface area contributed by atoms with E-state index in [0.717, 1.165) is 22.3 Å². The molecule has 0 amide bonds. The molecule has 0 fully saturated rings. The Kier molecular flexibility index (Phi) is 2.69. The molecule has 0 unspecified atom stereocenters. The number of carbonyl (C=O) groups excluding carboxylic acids is 1. The molecule has 0 radical (unpaired) electrons. The highest BCUT2D eigenvalue weighted by molar-refractivity contribution is 6.41.